The van der Waals surface area contributed by atoms with Crippen LogP contribution in [0.2, 0.25) is 0 Å². The van der Waals surface area contributed by atoms with Crippen LogP contribution in [0.25, 0.3) is 0 Å². The molecule has 0 aromatic heterocycles. The van der Waals surface area contributed by atoms with Crippen LogP contribution in [0, 0.1) is 17.7 Å². The number of nitrogens with zero attached hydrogens (tertiary/aromatic N) is 1. The summed E-state index contributed by atoms with van der Waals surface area (Å²) in [5.74, 6) is 1.43. The summed E-state index contributed by atoms with van der Waals surface area (Å²) in [7, 11) is 0. The van der Waals surface area contributed by atoms with Crippen LogP contribution in [0.1, 0.15) is 38.7 Å². The lowest BCUT2D eigenvalue weighted by Gasteiger charge is -2.26. The number of halogens is 1. The minimum Gasteiger partial charge on any atom is -0.371 e. The van der Waals surface area contributed by atoms with Crippen molar-refractivity contribution in [1.82, 2.24) is 0 Å². The normalized spacial score (nSPS) is 20.2. The SMILES string of the molecule is CC(C)C1CCCN(c2cccc(F)c2CCN)CC1. The van der Waals surface area contributed by atoms with Gasteiger partial charge in [-0.2, -0.15) is 0 Å². The number of nitrogens with two attached hydrogens (primary N) is 1. The van der Waals surface area contributed by atoms with Crippen LogP contribution in [-0.2, 0) is 6.42 Å². The van der Waals surface area contributed by atoms with Gasteiger partial charge in [-0.1, -0.05) is 19.9 Å². The highest BCUT2D eigenvalue weighted by atomic mass is 19.1. The minimum absolute atomic E-state index is 0.113. The Morgan fingerprint density at radius 2 is 2.10 bits per heavy atom. The molecule has 20 heavy (non-hydrogen) atoms. The zero-order valence-corrected chi connectivity index (χ0v) is 12.7. The van der Waals surface area contributed by atoms with Gasteiger partial charge in [0, 0.05) is 24.3 Å². The summed E-state index contributed by atoms with van der Waals surface area (Å²) in [6, 6.07) is 5.41. The van der Waals surface area contributed by atoms with E-state index >= 15 is 0 Å². The van der Waals surface area contributed by atoms with Gasteiger partial charge >= 0.3 is 0 Å². The first-order valence-corrected chi connectivity index (χ1v) is 7.86. The second-order valence-corrected chi connectivity index (χ2v) is 6.20. The van der Waals surface area contributed by atoms with Crippen molar-refractivity contribution < 1.29 is 4.39 Å². The Kier molecular flexibility index (Phi) is 5.41. The van der Waals surface area contributed by atoms with Crippen LogP contribution in [0.5, 0.6) is 0 Å². The van der Waals surface area contributed by atoms with Gasteiger partial charge in [0.2, 0.25) is 0 Å². The third kappa shape index (κ3) is 3.51. The van der Waals surface area contributed by atoms with Crippen molar-refractivity contribution >= 4 is 5.69 Å². The molecule has 0 saturated carbocycles. The minimum atomic E-state index is -0.113. The summed E-state index contributed by atoms with van der Waals surface area (Å²) < 4.78 is 14.0. The first kappa shape index (κ1) is 15.3. The third-order valence-corrected chi connectivity index (χ3v) is 4.54. The van der Waals surface area contributed by atoms with E-state index in [4.69, 9.17) is 5.73 Å². The summed E-state index contributed by atoms with van der Waals surface area (Å²) in [6.07, 6.45) is 4.31. The molecule has 0 radical (unpaired) electrons. The molecular weight excluding hydrogens is 251 g/mol. The van der Waals surface area contributed by atoms with Gasteiger partial charge in [0.15, 0.2) is 0 Å². The monoisotopic (exact) mass is 278 g/mol. The van der Waals surface area contributed by atoms with Gasteiger partial charge in [-0.05, 0) is 56.2 Å². The first-order chi connectivity index (χ1) is 9.63. The molecule has 1 fully saturated rings. The van der Waals surface area contributed by atoms with E-state index in [0.717, 1.165) is 36.2 Å². The molecule has 1 heterocycles. The number of benzene rings is 1. The Bertz CT molecular complexity index is 431. The molecule has 0 spiro atoms. The summed E-state index contributed by atoms with van der Waals surface area (Å²) >= 11 is 0. The van der Waals surface area contributed by atoms with Crippen LogP contribution in [0.3, 0.4) is 0 Å². The molecule has 0 amide bonds. The van der Waals surface area contributed by atoms with Gasteiger partial charge in [0.1, 0.15) is 5.82 Å². The lowest BCUT2D eigenvalue weighted by molar-refractivity contribution is 0.351. The van der Waals surface area contributed by atoms with Crippen molar-refractivity contribution in [3.8, 4) is 0 Å². The lowest BCUT2D eigenvalue weighted by Crippen LogP contribution is -2.26. The molecule has 1 unspecified atom stereocenters. The molecule has 1 saturated heterocycles. The third-order valence-electron chi connectivity index (χ3n) is 4.54. The topological polar surface area (TPSA) is 29.3 Å². The predicted octanol–water partition coefficient (Wildman–Crippen LogP) is 3.59. The highest BCUT2D eigenvalue weighted by Gasteiger charge is 2.21. The van der Waals surface area contributed by atoms with Crippen molar-refractivity contribution in [2.24, 2.45) is 17.6 Å². The summed E-state index contributed by atoms with van der Waals surface area (Å²) in [4.78, 5) is 2.36. The second-order valence-electron chi connectivity index (χ2n) is 6.20. The molecular formula is C17H27FN2. The number of hydrogen-bond donors (Lipinski definition) is 1. The lowest BCUT2D eigenvalue weighted by atomic mass is 9.89. The zero-order valence-electron chi connectivity index (χ0n) is 12.7. The van der Waals surface area contributed by atoms with Crippen molar-refractivity contribution in [2.45, 2.75) is 39.5 Å². The van der Waals surface area contributed by atoms with Gasteiger partial charge in [0.05, 0.1) is 0 Å². The van der Waals surface area contributed by atoms with Gasteiger partial charge in [-0.25, -0.2) is 4.39 Å². The standard InChI is InChI=1S/C17H27FN2/c1-13(2)14-5-4-11-20(12-9-14)17-7-3-6-16(18)15(17)8-10-19/h3,6-7,13-14H,4-5,8-12,19H2,1-2H3. The van der Waals surface area contributed by atoms with Gasteiger partial charge in [-0.3, -0.25) is 0 Å². The van der Waals surface area contributed by atoms with E-state index in [1.807, 2.05) is 12.1 Å². The molecule has 1 aliphatic heterocycles. The highest BCUT2D eigenvalue weighted by Crippen LogP contribution is 2.30. The summed E-state index contributed by atoms with van der Waals surface area (Å²) in [6.45, 7) is 7.18. The zero-order chi connectivity index (χ0) is 14.5. The van der Waals surface area contributed by atoms with E-state index in [1.165, 1.54) is 19.3 Å². The van der Waals surface area contributed by atoms with E-state index < -0.39 is 0 Å². The molecule has 1 aliphatic rings. The molecule has 2 N–H and O–H groups in total. The average molecular weight is 278 g/mol. The number of anilines is 1. The van der Waals surface area contributed by atoms with E-state index in [-0.39, 0.29) is 5.82 Å². The van der Waals surface area contributed by atoms with Gasteiger partial charge in [0.25, 0.3) is 0 Å². The van der Waals surface area contributed by atoms with Crippen LogP contribution < -0.4 is 10.6 Å². The summed E-state index contributed by atoms with van der Waals surface area (Å²) in [5, 5.41) is 0. The quantitative estimate of drug-likeness (QED) is 0.912. The van der Waals surface area contributed by atoms with E-state index in [0.29, 0.717) is 13.0 Å². The van der Waals surface area contributed by atoms with Crippen molar-refractivity contribution in [1.29, 1.82) is 0 Å². The fraction of sp³-hybridized carbons (Fsp3) is 0.647. The van der Waals surface area contributed by atoms with Crippen LogP contribution in [0.15, 0.2) is 18.2 Å². The largest absolute Gasteiger partial charge is 0.371 e. The molecule has 1 atom stereocenters. The Hall–Kier alpha value is -1.09. The molecule has 0 aliphatic carbocycles. The van der Waals surface area contributed by atoms with E-state index in [9.17, 15) is 4.39 Å². The Labute approximate surface area is 122 Å². The van der Waals surface area contributed by atoms with E-state index in [1.54, 1.807) is 6.07 Å². The molecule has 3 heteroatoms. The van der Waals surface area contributed by atoms with Crippen molar-refractivity contribution in [3.05, 3.63) is 29.6 Å². The molecule has 112 valence electrons. The van der Waals surface area contributed by atoms with Gasteiger partial charge < -0.3 is 10.6 Å². The van der Waals surface area contributed by atoms with Crippen LogP contribution in [0.4, 0.5) is 10.1 Å². The maximum atomic E-state index is 14.0. The molecule has 0 bridgehead atoms. The smallest absolute Gasteiger partial charge is 0.128 e. The first-order valence-electron chi connectivity index (χ1n) is 7.86. The fourth-order valence-corrected chi connectivity index (χ4v) is 3.27. The fourth-order valence-electron chi connectivity index (χ4n) is 3.27. The highest BCUT2D eigenvalue weighted by molar-refractivity contribution is 5.54. The summed E-state index contributed by atoms with van der Waals surface area (Å²) in [5.41, 5.74) is 7.48. The maximum absolute atomic E-state index is 14.0. The Balaban J connectivity index is 2.17. The number of rotatable bonds is 4. The number of hydrogen-bond acceptors (Lipinski definition) is 2. The predicted molar refractivity (Wildman–Crippen MR) is 83.6 cm³/mol. The van der Waals surface area contributed by atoms with E-state index in [2.05, 4.69) is 18.7 Å². The van der Waals surface area contributed by atoms with Crippen molar-refractivity contribution in [2.75, 3.05) is 24.5 Å². The molecule has 2 rings (SSSR count). The van der Waals surface area contributed by atoms with Crippen molar-refractivity contribution in [3.63, 3.8) is 0 Å². The molecule has 1 aromatic carbocycles. The Morgan fingerprint density at radius 3 is 2.80 bits per heavy atom. The second kappa shape index (κ2) is 7.07. The Morgan fingerprint density at radius 1 is 1.30 bits per heavy atom. The maximum Gasteiger partial charge on any atom is 0.128 e. The molecule has 1 aromatic rings. The molecule has 2 nitrogen and oxygen atoms in total. The van der Waals surface area contributed by atoms with Crippen LogP contribution >= 0.6 is 0 Å². The van der Waals surface area contributed by atoms with Crippen LogP contribution in [-0.4, -0.2) is 19.6 Å². The van der Waals surface area contributed by atoms with Gasteiger partial charge in [-0.15, -0.1) is 0 Å². The average Bonchev–Trinajstić information content (AvgIpc) is 2.67.